The molecule has 9 heteroatoms. The van der Waals surface area contributed by atoms with Gasteiger partial charge >= 0.3 is 5.97 Å². The second-order valence-corrected chi connectivity index (χ2v) is 12.5. The first kappa shape index (κ1) is 25.3. The van der Waals surface area contributed by atoms with Crippen LogP contribution in [-0.2, 0) is 14.3 Å². The van der Waals surface area contributed by atoms with Crippen LogP contribution in [0.5, 0.6) is 0 Å². The number of fused-ring (bicyclic) bond motifs is 6. The zero-order valence-corrected chi connectivity index (χ0v) is 23.6. The van der Waals surface area contributed by atoms with E-state index < -0.39 is 5.97 Å². The van der Waals surface area contributed by atoms with Crippen LogP contribution in [0.25, 0.3) is 22.2 Å². The fraction of sp³-hybridized carbons (Fsp3) is 0.258. The summed E-state index contributed by atoms with van der Waals surface area (Å²) in [6.45, 7) is -0.358. The minimum atomic E-state index is -0.622. The molecule has 3 aliphatic rings. The van der Waals surface area contributed by atoms with Gasteiger partial charge in [-0.1, -0.05) is 34.1 Å². The minimum absolute atomic E-state index is 0.0773. The summed E-state index contributed by atoms with van der Waals surface area (Å²) in [6.07, 6.45) is 3.07. The molecule has 2 amide bonds. The number of rotatable bonds is 6. The number of ether oxygens (including phenoxy) is 1. The standard InChI is InChI=1S/C31H23BrN2O5S/c32-19-7-10-23-21(13-19)22(31(38)39-15-25(35)26-2-1-11-40-26)14-24(33-23)16-5-8-20(9-6-16)34-29(36)27-17-3-4-18(12-17)28(27)30(34)37/h1-2,5-11,13-14,17-18,27-28H,3-4,12,15H2. The third-order valence-corrected chi connectivity index (χ3v) is 9.87. The molecule has 2 aliphatic carbocycles. The van der Waals surface area contributed by atoms with E-state index in [-0.39, 0.29) is 41.6 Å². The number of benzene rings is 2. The fourth-order valence-electron chi connectivity index (χ4n) is 6.68. The topological polar surface area (TPSA) is 93.6 Å². The quantitative estimate of drug-likeness (QED) is 0.144. The van der Waals surface area contributed by atoms with Gasteiger partial charge in [0.2, 0.25) is 17.6 Å². The van der Waals surface area contributed by atoms with E-state index in [1.54, 1.807) is 60.0 Å². The Morgan fingerprint density at radius 3 is 2.38 bits per heavy atom. The Morgan fingerprint density at radius 1 is 0.975 bits per heavy atom. The van der Waals surface area contributed by atoms with Gasteiger partial charge in [0.25, 0.3) is 0 Å². The number of hydrogen-bond donors (Lipinski definition) is 0. The highest BCUT2D eigenvalue weighted by Crippen LogP contribution is 2.56. The summed E-state index contributed by atoms with van der Waals surface area (Å²) in [5.74, 6) is -0.726. The number of pyridine rings is 1. The van der Waals surface area contributed by atoms with E-state index in [9.17, 15) is 19.2 Å². The van der Waals surface area contributed by atoms with Crippen LogP contribution in [-0.4, -0.2) is 35.2 Å². The van der Waals surface area contributed by atoms with E-state index in [0.717, 1.165) is 29.3 Å². The number of hydrogen-bond acceptors (Lipinski definition) is 7. The SMILES string of the molecule is O=C(COC(=O)c1cc(-c2ccc(N3C(=O)C4C5CCC(C5)C4C3=O)cc2)nc2ccc(Br)cc12)c1cccs1. The number of Topliss-reactive ketones (excluding diaryl/α,β-unsaturated/α-hetero) is 1. The Balaban J connectivity index is 1.18. The number of halogens is 1. The lowest BCUT2D eigenvalue weighted by molar-refractivity contribution is -0.123. The molecule has 1 saturated heterocycles. The van der Waals surface area contributed by atoms with Crippen molar-refractivity contribution < 1.29 is 23.9 Å². The Labute approximate surface area is 242 Å². The number of thiophene rings is 1. The van der Waals surface area contributed by atoms with E-state index in [0.29, 0.717) is 39.0 Å². The average Bonchev–Trinajstić information content (AvgIpc) is 3.77. The van der Waals surface area contributed by atoms with Crippen LogP contribution in [0.1, 0.15) is 39.3 Å². The fourth-order valence-corrected chi connectivity index (χ4v) is 7.69. The van der Waals surface area contributed by atoms with Crippen molar-refractivity contribution in [3.05, 3.63) is 81.0 Å². The predicted molar refractivity (Wildman–Crippen MR) is 154 cm³/mol. The molecule has 7 rings (SSSR count). The summed E-state index contributed by atoms with van der Waals surface area (Å²) in [4.78, 5) is 58.7. The summed E-state index contributed by atoms with van der Waals surface area (Å²) in [5, 5.41) is 2.39. The third kappa shape index (κ3) is 4.10. The minimum Gasteiger partial charge on any atom is -0.454 e. The van der Waals surface area contributed by atoms with Crippen molar-refractivity contribution in [1.29, 1.82) is 0 Å². The van der Waals surface area contributed by atoms with Crippen LogP contribution < -0.4 is 4.90 Å². The number of anilines is 1. The molecule has 0 N–H and O–H groups in total. The van der Waals surface area contributed by atoms with Crippen molar-refractivity contribution in [2.24, 2.45) is 23.7 Å². The highest BCUT2D eigenvalue weighted by Gasteiger charge is 2.61. The maximum absolute atomic E-state index is 13.2. The molecule has 2 saturated carbocycles. The number of aromatic nitrogens is 1. The highest BCUT2D eigenvalue weighted by atomic mass is 79.9. The zero-order chi connectivity index (χ0) is 27.5. The van der Waals surface area contributed by atoms with Gasteiger partial charge < -0.3 is 4.74 Å². The molecule has 0 spiro atoms. The van der Waals surface area contributed by atoms with E-state index in [1.165, 1.54) is 16.2 Å². The monoisotopic (exact) mass is 614 g/mol. The molecule has 200 valence electrons. The molecule has 3 heterocycles. The van der Waals surface area contributed by atoms with Crippen LogP contribution in [0.15, 0.2) is 70.5 Å². The predicted octanol–water partition coefficient (Wildman–Crippen LogP) is 6.30. The lowest BCUT2D eigenvalue weighted by Gasteiger charge is -2.19. The zero-order valence-electron chi connectivity index (χ0n) is 21.2. The van der Waals surface area contributed by atoms with Gasteiger partial charge in [-0.05, 0) is 78.9 Å². The van der Waals surface area contributed by atoms with E-state index in [2.05, 4.69) is 15.9 Å². The Morgan fingerprint density at radius 2 is 1.70 bits per heavy atom. The molecule has 4 aromatic rings. The number of amides is 2. The van der Waals surface area contributed by atoms with Gasteiger partial charge in [0.05, 0.1) is 39.2 Å². The van der Waals surface area contributed by atoms with Crippen molar-refractivity contribution in [1.82, 2.24) is 4.98 Å². The number of carbonyl (C=O) groups excluding carboxylic acids is 4. The molecule has 3 fully saturated rings. The van der Waals surface area contributed by atoms with Gasteiger partial charge in [-0.15, -0.1) is 11.3 Å². The molecule has 1 aliphatic heterocycles. The largest absolute Gasteiger partial charge is 0.454 e. The van der Waals surface area contributed by atoms with Crippen LogP contribution in [0.3, 0.4) is 0 Å². The van der Waals surface area contributed by atoms with Crippen molar-refractivity contribution in [3.8, 4) is 11.3 Å². The second-order valence-electron chi connectivity index (χ2n) is 10.6. The molecule has 2 aromatic carbocycles. The third-order valence-electron chi connectivity index (χ3n) is 8.47. The molecular formula is C31H23BrN2O5S. The summed E-state index contributed by atoms with van der Waals surface area (Å²) in [7, 11) is 0. The average molecular weight is 616 g/mol. The van der Waals surface area contributed by atoms with Crippen molar-refractivity contribution in [3.63, 3.8) is 0 Å². The van der Waals surface area contributed by atoms with Gasteiger partial charge in [0.1, 0.15) is 0 Å². The number of imide groups is 1. The summed E-state index contributed by atoms with van der Waals surface area (Å²) in [6, 6.07) is 17.7. The van der Waals surface area contributed by atoms with Gasteiger partial charge in [-0.25, -0.2) is 9.78 Å². The number of nitrogens with zero attached hydrogens (tertiary/aromatic N) is 2. The lowest BCUT2D eigenvalue weighted by Crippen LogP contribution is -2.32. The van der Waals surface area contributed by atoms with Crippen LogP contribution in [0, 0.1) is 23.7 Å². The van der Waals surface area contributed by atoms with E-state index >= 15 is 0 Å². The van der Waals surface area contributed by atoms with E-state index in [4.69, 9.17) is 9.72 Å². The molecule has 2 bridgehead atoms. The molecule has 2 aromatic heterocycles. The first-order valence-electron chi connectivity index (χ1n) is 13.2. The van der Waals surface area contributed by atoms with E-state index in [1.807, 2.05) is 6.07 Å². The smallest absolute Gasteiger partial charge is 0.339 e. The van der Waals surface area contributed by atoms with Crippen molar-refractivity contribution in [2.75, 3.05) is 11.5 Å². The van der Waals surface area contributed by atoms with Gasteiger partial charge in [-0.2, -0.15) is 0 Å². The first-order valence-corrected chi connectivity index (χ1v) is 14.9. The van der Waals surface area contributed by atoms with Crippen molar-refractivity contribution >= 4 is 67.4 Å². The highest BCUT2D eigenvalue weighted by molar-refractivity contribution is 9.10. The van der Waals surface area contributed by atoms with Gasteiger partial charge in [0, 0.05) is 15.4 Å². The molecule has 40 heavy (non-hydrogen) atoms. The molecule has 4 unspecified atom stereocenters. The molecule has 0 radical (unpaired) electrons. The normalized spacial score (nSPS) is 23.2. The number of esters is 1. The van der Waals surface area contributed by atoms with Crippen molar-refractivity contribution in [2.45, 2.75) is 19.3 Å². The lowest BCUT2D eigenvalue weighted by atomic mass is 9.81. The van der Waals surface area contributed by atoms with Crippen LogP contribution >= 0.6 is 27.3 Å². The van der Waals surface area contributed by atoms with Crippen LogP contribution in [0.4, 0.5) is 5.69 Å². The summed E-state index contributed by atoms with van der Waals surface area (Å²) < 4.78 is 6.19. The Bertz CT molecular complexity index is 1670. The van der Waals surface area contributed by atoms with Gasteiger partial charge in [-0.3, -0.25) is 19.3 Å². The van der Waals surface area contributed by atoms with Gasteiger partial charge in [0.15, 0.2) is 6.61 Å². The van der Waals surface area contributed by atoms with Crippen LogP contribution in [0.2, 0.25) is 0 Å². The Kier molecular flexibility index (Phi) is 6.16. The molecular weight excluding hydrogens is 592 g/mol. The molecule has 7 nitrogen and oxygen atoms in total. The number of ketones is 1. The second kappa shape index (κ2) is 9.74. The molecule has 4 atom stereocenters. The summed E-state index contributed by atoms with van der Waals surface area (Å²) >= 11 is 4.75. The maximum Gasteiger partial charge on any atom is 0.339 e. The maximum atomic E-state index is 13.2. The number of carbonyl (C=O) groups is 4. The first-order chi connectivity index (χ1) is 19.4. The summed E-state index contributed by atoms with van der Waals surface area (Å²) in [5.41, 5.74) is 2.69. The Hall–Kier alpha value is -3.69.